The van der Waals surface area contributed by atoms with Crippen molar-refractivity contribution in [1.82, 2.24) is 10.3 Å². The standard InChI is InChI=1S/C22H14Cl2IN3O2S2/c1-30-19-14(23)8-11(9-15(19)24)20(29)28-22(31)27-16-7-6-12(25)10-13(16)21-26-17-4-2-3-5-18(17)32-21/h2-10H,1H3,(H2,27,28,29,31). The second-order valence-electron chi connectivity index (χ2n) is 6.56. The average molecular weight is 614 g/mol. The first-order valence-electron chi connectivity index (χ1n) is 9.16. The molecule has 0 aliphatic carbocycles. The fourth-order valence-electron chi connectivity index (χ4n) is 3.00. The Kier molecular flexibility index (Phi) is 7.16. The van der Waals surface area contributed by atoms with Gasteiger partial charge in [0.05, 0.1) is 33.1 Å². The van der Waals surface area contributed by atoms with Gasteiger partial charge < -0.3 is 10.1 Å². The number of halogens is 3. The summed E-state index contributed by atoms with van der Waals surface area (Å²) in [7, 11) is 1.45. The van der Waals surface area contributed by atoms with E-state index in [2.05, 4.69) is 33.2 Å². The van der Waals surface area contributed by atoms with Gasteiger partial charge in [-0.15, -0.1) is 11.3 Å². The van der Waals surface area contributed by atoms with E-state index in [-0.39, 0.29) is 20.7 Å². The van der Waals surface area contributed by atoms with Gasteiger partial charge in [-0.3, -0.25) is 10.1 Å². The molecule has 1 aromatic heterocycles. The summed E-state index contributed by atoms with van der Waals surface area (Å²) in [5, 5.41) is 7.23. The van der Waals surface area contributed by atoms with Crippen molar-refractivity contribution in [3.05, 3.63) is 73.8 Å². The number of anilines is 1. The number of thiazole rings is 1. The average Bonchev–Trinajstić information content (AvgIpc) is 3.18. The molecule has 0 fully saturated rings. The van der Waals surface area contributed by atoms with E-state index in [4.69, 9.17) is 45.1 Å². The molecule has 1 amide bonds. The summed E-state index contributed by atoms with van der Waals surface area (Å²) < 4.78 is 7.27. The number of rotatable bonds is 4. The number of thiocarbonyl (C=S) groups is 1. The van der Waals surface area contributed by atoms with E-state index in [0.29, 0.717) is 5.75 Å². The summed E-state index contributed by atoms with van der Waals surface area (Å²) in [4.78, 5) is 17.4. The molecule has 162 valence electrons. The third kappa shape index (κ3) is 4.99. The zero-order valence-electron chi connectivity index (χ0n) is 16.4. The van der Waals surface area contributed by atoms with Gasteiger partial charge in [0, 0.05) is 14.7 Å². The maximum Gasteiger partial charge on any atom is 0.257 e. The minimum Gasteiger partial charge on any atom is -0.494 e. The van der Waals surface area contributed by atoms with Gasteiger partial charge in [-0.25, -0.2) is 4.98 Å². The molecule has 0 atom stereocenters. The van der Waals surface area contributed by atoms with E-state index in [9.17, 15) is 4.79 Å². The van der Waals surface area contributed by atoms with Crippen LogP contribution in [0, 0.1) is 3.57 Å². The van der Waals surface area contributed by atoms with E-state index in [1.54, 1.807) is 11.3 Å². The lowest BCUT2D eigenvalue weighted by Crippen LogP contribution is -2.34. The van der Waals surface area contributed by atoms with Crippen molar-refractivity contribution in [3.8, 4) is 16.3 Å². The molecule has 5 nitrogen and oxygen atoms in total. The van der Waals surface area contributed by atoms with Crippen molar-refractivity contribution >= 4 is 96.3 Å². The largest absolute Gasteiger partial charge is 0.494 e. The van der Waals surface area contributed by atoms with Crippen LogP contribution in [0.15, 0.2) is 54.6 Å². The highest BCUT2D eigenvalue weighted by atomic mass is 127. The highest BCUT2D eigenvalue weighted by molar-refractivity contribution is 14.1. The molecule has 10 heteroatoms. The van der Waals surface area contributed by atoms with Crippen molar-refractivity contribution < 1.29 is 9.53 Å². The molecule has 0 saturated heterocycles. The van der Waals surface area contributed by atoms with Gasteiger partial charge in [0.1, 0.15) is 5.01 Å². The van der Waals surface area contributed by atoms with Crippen molar-refractivity contribution in [2.24, 2.45) is 0 Å². The second-order valence-corrected chi connectivity index (χ2v) is 10.1. The predicted octanol–water partition coefficient (Wildman–Crippen LogP) is 7.01. The van der Waals surface area contributed by atoms with Gasteiger partial charge in [0.2, 0.25) is 0 Å². The summed E-state index contributed by atoms with van der Waals surface area (Å²) in [6.45, 7) is 0. The molecule has 0 spiro atoms. The number of nitrogens with one attached hydrogen (secondary N) is 2. The number of para-hydroxylation sites is 1. The highest BCUT2D eigenvalue weighted by Gasteiger charge is 2.16. The molecule has 3 aromatic carbocycles. The Morgan fingerprint density at radius 1 is 1.12 bits per heavy atom. The molecule has 0 bridgehead atoms. The van der Waals surface area contributed by atoms with Crippen LogP contribution in [-0.2, 0) is 0 Å². The Labute approximate surface area is 217 Å². The number of carbonyl (C=O) groups excluding carboxylic acids is 1. The normalized spacial score (nSPS) is 10.8. The van der Waals surface area contributed by atoms with Gasteiger partial charge in [-0.05, 0) is 77.3 Å². The van der Waals surface area contributed by atoms with Crippen LogP contribution in [0.3, 0.4) is 0 Å². The van der Waals surface area contributed by atoms with Crippen molar-refractivity contribution in [3.63, 3.8) is 0 Å². The number of benzene rings is 3. The Bertz CT molecular complexity index is 1300. The number of nitrogens with zero attached hydrogens (tertiary/aromatic N) is 1. The van der Waals surface area contributed by atoms with Crippen LogP contribution in [-0.4, -0.2) is 23.1 Å². The molecule has 0 saturated carbocycles. The molecule has 4 aromatic rings. The first-order chi connectivity index (χ1) is 15.4. The van der Waals surface area contributed by atoms with Crippen LogP contribution in [0.1, 0.15) is 10.4 Å². The zero-order valence-corrected chi connectivity index (χ0v) is 21.7. The monoisotopic (exact) mass is 613 g/mol. The number of hydrogen-bond acceptors (Lipinski definition) is 5. The fraction of sp³-hybridized carbons (Fsp3) is 0.0455. The summed E-state index contributed by atoms with van der Waals surface area (Å²) >= 11 is 21.5. The van der Waals surface area contributed by atoms with Gasteiger partial charge in [-0.1, -0.05) is 35.3 Å². The van der Waals surface area contributed by atoms with Crippen LogP contribution >= 0.6 is 69.3 Å². The molecule has 0 radical (unpaired) electrons. The van der Waals surface area contributed by atoms with Crippen molar-refractivity contribution in [1.29, 1.82) is 0 Å². The maximum atomic E-state index is 12.7. The third-order valence-corrected chi connectivity index (χ3v) is 6.95. The summed E-state index contributed by atoms with van der Waals surface area (Å²) in [5.41, 5.74) is 2.83. The fourth-order valence-corrected chi connectivity index (χ4v) is 5.34. The molecule has 1 heterocycles. The second kappa shape index (κ2) is 9.88. The molecule has 0 aliphatic rings. The Balaban J connectivity index is 1.57. The number of amides is 1. The van der Waals surface area contributed by atoms with Crippen molar-refractivity contribution in [2.45, 2.75) is 0 Å². The number of hydrogen-bond donors (Lipinski definition) is 2. The number of ether oxygens (including phenoxy) is 1. The zero-order chi connectivity index (χ0) is 22.8. The minimum atomic E-state index is -0.444. The molecular weight excluding hydrogens is 600 g/mol. The van der Waals surface area contributed by atoms with E-state index in [1.165, 1.54) is 19.2 Å². The maximum absolute atomic E-state index is 12.7. The van der Waals surface area contributed by atoms with Gasteiger partial charge in [0.25, 0.3) is 5.91 Å². The lowest BCUT2D eigenvalue weighted by Gasteiger charge is -2.14. The molecule has 32 heavy (non-hydrogen) atoms. The number of fused-ring (bicyclic) bond motifs is 1. The van der Waals surface area contributed by atoms with Crippen LogP contribution < -0.4 is 15.4 Å². The molecule has 0 unspecified atom stereocenters. The molecule has 0 aliphatic heterocycles. The number of aromatic nitrogens is 1. The molecule has 2 N–H and O–H groups in total. The molecular formula is C22H14Cl2IN3O2S2. The van der Waals surface area contributed by atoms with E-state index < -0.39 is 5.91 Å². The van der Waals surface area contributed by atoms with Gasteiger partial charge in [0.15, 0.2) is 10.9 Å². The quantitative estimate of drug-likeness (QED) is 0.191. The first kappa shape index (κ1) is 23.2. The molecule has 4 rings (SSSR count). The van der Waals surface area contributed by atoms with E-state index in [1.807, 2.05) is 42.5 Å². The van der Waals surface area contributed by atoms with Gasteiger partial charge >= 0.3 is 0 Å². The lowest BCUT2D eigenvalue weighted by molar-refractivity contribution is 0.0977. The Morgan fingerprint density at radius 3 is 2.53 bits per heavy atom. The predicted molar refractivity (Wildman–Crippen MR) is 144 cm³/mol. The SMILES string of the molecule is COc1c(Cl)cc(C(=O)NC(=S)Nc2ccc(I)cc2-c2nc3ccccc3s2)cc1Cl. The van der Waals surface area contributed by atoms with Crippen LogP contribution in [0.25, 0.3) is 20.8 Å². The third-order valence-electron chi connectivity index (χ3n) is 4.45. The highest BCUT2D eigenvalue weighted by Crippen LogP contribution is 2.36. The number of carbonyl (C=O) groups is 1. The lowest BCUT2D eigenvalue weighted by atomic mass is 10.2. The van der Waals surface area contributed by atoms with Gasteiger partial charge in [-0.2, -0.15) is 0 Å². The minimum absolute atomic E-state index is 0.140. The summed E-state index contributed by atoms with van der Waals surface area (Å²) in [6.07, 6.45) is 0. The number of methoxy groups -OCH3 is 1. The van der Waals surface area contributed by atoms with Crippen molar-refractivity contribution in [2.75, 3.05) is 12.4 Å². The topological polar surface area (TPSA) is 63.2 Å². The Morgan fingerprint density at radius 2 is 1.84 bits per heavy atom. The van der Waals surface area contributed by atoms with Crippen LogP contribution in [0.5, 0.6) is 5.75 Å². The summed E-state index contributed by atoms with van der Waals surface area (Å²) in [5.74, 6) is -0.133. The first-order valence-corrected chi connectivity index (χ1v) is 12.2. The smallest absolute Gasteiger partial charge is 0.257 e. The Hall–Kier alpha value is -1.98. The van der Waals surface area contributed by atoms with Crippen LogP contribution in [0.4, 0.5) is 5.69 Å². The van der Waals surface area contributed by atoms with Crippen LogP contribution in [0.2, 0.25) is 10.0 Å². The van der Waals surface area contributed by atoms with E-state index >= 15 is 0 Å². The van der Waals surface area contributed by atoms with E-state index in [0.717, 1.165) is 30.0 Å². The summed E-state index contributed by atoms with van der Waals surface area (Å²) in [6, 6.07) is 16.8.